The highest BCUT2D eigenvalue weighted by Gasteiger charge is 2.27. The largest absolute Gasteiger partial charge is 0.337 e. The molecule has 2 heterocycles. The second-order valence-electron chi connectivity index (χ2n) is 7.12. The zero-order valence-electron chi connectivity index (χ0n) is 16.0. The molecule has 1 atom stereocenters. The van der Waals surface area contributed by atoms with Gasteiger partial charge in [0.2, 0.25) is 0 Å². The molecule has 0 aliphatic carbocycles. The lowest BCUT2D eigenvalue weighted by molar-refractivity contribution is 0.0720. The molecule has 26 heavy (non-hydrogen) atoms. The highest BCUT2D eigenvalue weighted by atomic mass is 16.2. The van der Waals surface area contributed by atoms with Crippen molar-refractivity contribution in [3.05, 3.63) is 47.3 Å². The first kappa shape index (κ1) is 18.6. The summed E-state index contributed by atoms with van der Waals surface area (Å²) in [6, 6.07) is 10.8. The molecule has 0 radical (unpaired) electrons. The Labute approximate surface area is 155 Å². The van der Waals surface area contributed by atoms with E-state index in [4.69, 9.17) is 0 Å². The van der Waals surface area contributed by atoms with Crippen LogP contribution in [0.4, 0.5) is 0 Å². The molecule has 1 fully saturated rings. The molecule has 1 aromatic heterocycles. The van der Waals surface area contributed by atoms with Crippen LogP contribution in [0.1, 0.15) is 54.0 Å². The average Bonchev–Trinajstić information content (AvgIpc) is 3.08. The van der Waals surface area contributed by atoms with Crippen LogP contribution in [0.15, 0.2) is 30.3 Å². The number of rotatable bonds is 6. The van der Waals surface area contributed by atoms with E-state index >= 15 is 0 Å². The molecule has 1 saturated heterocycles. The average molecular weight is 355 g/mol. The molecular formula is C20H29N5O. The van der Waals surface area contributed by atoms with Crippen LogP contribution in [-0.2, 0) is 6.42 Å². The quantitative estimate of drug-likeness (QED) is 0.865. The first-order chi connectivity index (χ1) is 12.6. The van der Waals surface area contributed by atoms with Crippen molar-refractivity contribution in [3.63, 3.8) is 0 Å². The van der Waals surface area contributed by atoms with Gasteiger partial charge in [-0.25, -0.2) is 4.68 Å². The number of hydrogen-bond acceptors (Lipinski definition) is 4. The van der Waals surface area contributed by atoms with Crippen LogP contribution < -0.4 is 5.32 Å². The smallest absolute Gasteiger partial charge is 0.276 e. The van der Waals surface area contributed by atoms with E-state index in [0.29, 0.717) is 11.7 Å². The van der Waals surface area contributed by atoms with Gasteiger partial charge >= 0.3 is 0 Å². The van der Waals surface area contributed by atoms with Gasteiger partial charge in [-0.2, -0.15) is 0 Å². The molecule has 1 amide bonds. The van der Waals surface area contributed by atoms with Gasteiger partial charge in [0.1, 0.15) is 0 Å². The Balaban J connectivity index is 1.74. The van der Waals surface area contributed by atoms with Crippen LogP contribution in [0, 0.1) is 6.92 Å². The maximum absolute atomic E-state index is 13.0. The Morgan fingerprint density at radius 2 is 2.00 bits per heavy atom. The van der Waals surface area contributed by atoms with E-state index in [1.807, 2.05) is 41.8 Å². The van der Waals surface area contributed by atoms with Gasteiger partial charge in [-0.15, -0.1) is 5.10 Å². The van der Waals surface area contributed by atoms with E-state index in [-0.39, 0.29) is 11.9 Å². The summed E-state index contributed by atoms with van der Waals surface area (Å²) in [5.74, 6) is -0.0366. The van der Waals surface area contributed by atoms with E-state index in [1.165, 1.54) is 5.56 Å². The zero-order chi connectivity index (χ0) is 18.5. The number of benzene rings is 1. The van der Waals surface area contributed by atoms with Crippen molar-refractivity contribution in [2.45, 2.75) is 51.6 Å². The number of nitrogens with zero attached hydrogens (tertiary/aromatic N) is 4. The van der Waals surface area contributed by atoms with Crippen molar-refractivity contribution >= 4 is 5.91 Å². The lowest BCUT2D eigenvalue weighted by Gasteiger charge is -2.27. The number of aromatic nitrogens is 3. The molecule has 1 aromatic carbocycles. The van der Waals surface area contributed by atoms with Crippen molar-refractivity contribution in [2.75, 3.05) is 20.1 Å². The van der Waals surface area contributed by atoms with Gasteiger partial charge in [0.25, 0.3) is 5.91 Å². The van der Waals surface area contributed by atoms with E-state index in [2.05, 4.69) is 34.7 Å². The number of nitrogens with one attached hydrogen (secondary N) is 1. The maximum Gasteiger partial charge on any atom is 0.276 e. The maximum atomic E-state index is 13.0. The highest BCUT2D eigenvalue weighted by molar-refractivity contribution is 5.93. The summed E-state index contributed by atoms with van der Waals surface area (Å²) in [6.45, 7) is 6.06. The molecule has 0 bridgehead atoms. The molecule has 1 aliphatic rings. The SMILES string of the molecule is CCC(Cc1ccccc1)N(C)C(=O)c1nnn(C2CCNCC2)c1C. The van der Waals surface area contributed by atoms with Gasteiger partial charge < -0.3 is 10.2 Å². The number of amides is 1. The molecule has 6 heteroatoms. The molecular weight excluding hydrogens is 326 g/mol. The Kier molecular flexibility index (Phi) is 6.04. The molecule has 3 rings (SSSR count). The third kappa shape index (κ3) is 3.96. The van der Waals surface area contributed by atoms with Gasteiger partial charge in [-0.3, -0.25) is 4.79 Å². The summed E-state index contributed by atoms with van der Waals surface area (Å²) < 4.78 is 1.94. The van der Waals surface area contributed by atoms with Crippen molar-refractivity contribution in [1.29, 1.82) is 0 Å². The van der Waals surface area contributed by atoms with Crippen LogP contribution in [0.3, 0.4) is 0 Å². The monoisotopic (exact) mass is 355 g/mol. The molecule has 1 unspecified atom stereocenters. The van der Waals surface area contributed by atoms with Crippen LogP contribution in [0.5, 0.6) is 0 Å². The van der Waals surface area contributed by atoms with Gasteiger partial charge in [0.15, 0.2) is 5.69 Å². The fourth-order valence-corrected chi connectivity index (χ4v) is 3.71. The minimum absolute atomic E-state index is 0.0366. The van der Waals surface area contributed by atoms with Gasteiger partial charge in [0.05, 0.1) is 11.7 Å². The third-order valence-corrected chi connectivity index (χ3v) is 5.44. The molecule has 6 nitrogen and oxygen atoms in total. The van der Waals surface area contributed by atoms with E-state index in [1.54, 1.807) is 0 Å². The lowest BCUT2D eigenvalue weighted by Crippen LogP contribution is -2.38. The van der Waals surface area contributed by atoms with Gasteiger partial charge in [0, 0.05) is 13.1 Å². The topological polar surface area (TPSA) is 63.1 Å². The van der Waals surface area contributed by atoms with Crippen molar-refractivity contribution in [1.82, 2.24) is 25.2 Å². The highest BCUT2D eigenvalue weighted by Crippen LogP contribution is 2.21. The van der Waals surface area contributed by atoms with Crippen molar-refractivity contribution in [2.24, 2.45) is 0 Å². The van der Waals surface area contributed by atoms with Crippen LogP contribution >= 0.6 is 0 Å². The minimum Gasteiger partial charge on any atom is -0.337 e. The first-order valence-electron chi connectivity index (χ1n) is 9.55. The number of carbonyl (C=O) groups is 1. The summed E-state index contributed by atoms with van der Waals surface area (Å²) in [5.41, 5.74) is 2.61. The van der Waals surface area contributed by atoms with Crippen molar-refractivity contribution < 1.29 is 4.79 Å². The standard InChI is InChI=1S/C20H29N5O/c1-4-17(14-16-8-6-5-7-9-16)24(3)20(26)19-15(2)25(23-22-19)18-10-12-21-13-11-18/h5-9,17-18,21H,4,10-14H2,1-3H3. The molecule has 0 saturated carbocycles. The predicted octanol–water partition coefficient (Wildman–Crippen LogP) is 2.60. The number of likely N-dealkylation sites (N-methyl/N-ethyl adjacent to an activating group) is 1. The van der Waals surface area contributed by atoms with E-state index in [9.17, 15) is 4.79 Å². The second kappa shape index (κ2) is 8.45. The summed E-state index contributed by atoms with van der Waals surface area (Å²) in [4.78, 5) is 14.9. The zero-order valence-corrected chi connectivity index (χ0v) is 16.0. The Morgan fingerprint density at radius 1 is 1.31 bits per heavy atom. The summed E-state index contributed by atoms with van der Waals surface area (Å²) in [7, 11) is 1.88. The van der Waals surface area contributed by atoms with Gasteiger partial charge in [-0.1, -0.05) is 42.5 Å². The number of carbonyl (C=O) groups excluding carboxylic acids is 1. The van der Waals surface area contributed by atoms with Gasteiger partial charge in [-0.05, 0) is 51.3 Å². The normalized spacial score (nSPS) is 16.4. The Hall–Kier alpha value is -2.21. The molecule has 2 aromatic rings. The van der Waals surface area contributed by atoms with E-state index in [0.717, 1.165) is 44.5 Å². The summed E-state index contributed by atoms with van der Waals surface area (Å²) >= 11 is 0. The molecule has 1 N–H and O–H groups in total. The summed E-state index contributed by atoms with van der Waals surface area (Å²) in [6.07, 6.45) is 3.80. The van der Waals surface area contributed by atoms with Crippen LogP contribution in [0.2, 0.25) is 0 Å². The fraction of sp³-hybridized carbons (Fsp3) is 0.550. The predicted molar refractivity (Wildman–Crippen MR) is 102 cm³/mol. The molecule has 1 aliphatic heterocycles. The second-order valence-corrected chi connectivity index (χ2v) is 7.12. The van der Waals surface area contributed by atoms with Crippen molar-refractivity contribution in [3.8, 4) is 0 Å². The third-order valence-electron chi connectivity index (χ3n) is 5.44. The first-order valence-corrected chi connectivity index (χ1v) is 9.55. The molecule has 140 valence electrons. The van der Waals surface area contributed by atoms with Crippen LogP contribution in [-0.4, -0.2) is 52.0 Å². The lowest BCUT2D eigenvalue weighted by atomic mass is 10.0. The number of piperidine rings is 1. The number of hydrogen-bond donors (Lipinski definition) is 1. The minimum atomic E-state index is -0.0366. The fourth-order valence-electron chi connectivity index (χ4n) is 3.71. The van der Waals surface area contributed by atoms with E-state index < -0.39 is 0 Å². The Bertz CT molecular complexity index is 721. The van der Waals surface area contributed by atoms with Crippen LogP contribution in [0.25, 0.3) is 0 Å². The molecule has 0 spiro atoms. The Morgan fingerprint density at radius 3 is 2.65 bits per heavy atom. The summed E-state index contributed by atoms with van der Waals surface area (Å²) in [5, 5.41) is 11.9.